The van der Waals surface area contributed by atoms with Crippen LogP contribution in [0.4, 0.5) is 0 Å². The number of hydrogen-bond acceptors (Lipinski definition) is 4. The average molecular weight is 267 g/mol. The van der Waals surface area contributed by atoms with Crippen LogP contribution in [0.1, 0.15) is 46.0 Å². The quantitative estimate of drug-likeness (QED) is 0.803. The first-order valence-corrected chi connectivity index (χ1v) is 6.21. The first-order valence-electron chi connectivity index (χ1n) is 6.21. The number of nitrogens with zero attached hydrogens (tertiary/aromatic N) is 3. The van der Waals surface area contributed by atoms with Crippen LogP contribution in [-0.2, 0) is 16.6 Å². The molecular weight excluding hydrogens is 246 g/mol. The molecule has 0 saturated heterocycles. The fraction of sp³-hybridized carbons (Fsp3) is 0.667. The topological polar surface area (TPSA) is 88.9 Å². The molecule has 7 nitrogen and oxygen atoms in total. The van der Waals surface area contributed by atoms with Crippen molar-refractivity contribution in [3.8, 4) is 0 Å². The predicted molar refractivity (Wildman–Crippen MR) is 70.1 cm³/mol. The average Bonchev–Trinajstić information content (AvgIpc) is 2.70. The van der Waals surface area contributed by atoms with E-state index >= 15 is 0 Å². The van der Waals surface area contributed by atoms with E-state index in [0.717, 1.165) is 0 Å². The summed E-state index contributed by atoms with van der Waals surface area (Å²) in [6, 6.07) is -0.229. The van der Waals surface area contributed by atoms with Crippen LogP contribution in [0.3, 0.4) is 0 Å². The minimum Gasteiger partial charge on any atom is -0.344 e. The summed E-state index contributed by atoms with van der Waals surface area (Å²) in [6.45, 7) is 6.65. The van der Waals surface area contributed by atoms with E-state index in [0.29, 0.717) is 12.2 Å². The molecule has 19 heavy (non-hydrogen) atoms. The third-order valence-corrected chi connectivity index (χ3v) is 2.83. The Morgan fingerprint density at radius 1 is 1.47 bits per heavy atom. The molecule has 0 radical (unpaired) electrons. The fourth-order valence-corrected chi connectivity index (χ4v) is 1.81. The molecule has 7 heteroatoms. The van der Waals surface area contributed by atoms with Crippen LogP contribution in [0.25, 0.3) is 0 Å². The molecule has 0 bridgehead atoms. The minimum atomic E-state index is -0.960. The van der Waals surface area contributed by atoms with Gasteiger partial charge in [-0.1, -0.05) is 6.92 Å². The summed E-state index contributed by atoms with van der Waals surface area (Å²) < 4.78 is 1.62. The number of aryl methyl sites for hydroxylation is 1. The smallest absolute Gasteiger partial charge is 0.245 e. The van der Waals surface area contributed by atoms with Crippen molar-refractivity contribution < 1.29 is 9.59 Å². The highest BCUT2D eigenvalue weighted by atomic mass is 16.2. The van der Waals surface area contributed by atoms with Gasteiger partial charge >= 0.3 is 0 Å². The molecular formula is C12H21N5O2. The van der Waals surface area contributed by atoms with Crippen molar-refractivity contribution in [2.75, 3.05) is 0 Å². The Hall–Kier alpha value is -1.92. The van der Waals surface area contributed by atoms with Gasteiger partial charge in [-0.3, -0.25) is 14.3 Å². The van der Waals surface area contributed by atoms with Gasteiger partial charge in [0.2, 0.25) is 11.8 Å². The van der Waals surface area contributed by atoms with Crippen molar-refractivity contribution in [1.29, 1.82) is 0 Å². The lowest BCUT2D eigenvalue weighted by molar-refractivity contribution is -0.132. The molecule has 1 aromatic heterocycles. The van der Waals surface area contributed by atoms with Crippen LogP contribution < -0.4 is 10.6 Å². The number of nitrogens with one attached hydrogen (secondary N) is 2. The highest BCUT2D eigenvalue weighted by Gasteiger charge is 2.30. The molecule has 0 fully saturated rings. The maximum atomic E-state index is 12.2. The number of rotatable bonds is 5. The number of amides is 2. The normalized spacial score (nSPS) is 12.9. The zero-order chi connectivity index (χ0) is 14.6. The third kappa shape index (κ3) is 3.77. The molecule has 0 saturated carbocycles. The monoisotopic (exact) mass is 267 g/mol. The molecule has 1 heterocycles. The zero-order valence-corrected chi connectivity index (χ0v) is 12.0. The molecule has 0 aromatic carbocycles. The van der Waals surface area contributed by atoms with Crippen LogP contribution in [0, 0.1) is 0 Å². The lowest BCUT2D eigenvalue weighted by atomic mass is 10.0. The molecule has 2 N–H and O–H groups in total. The van der Waals surface area contributed by atoms with Gasteiger partial charge in [-0.25, -0.2) is 4.98 Å². The maximum Gasteiger partial charge on any atom is 0.245 e. The Labute approximate surface area is 112 Å². The van der Waals surface area contributed by atoms with Gasteiger partial charge in [0.1, 0.15) is 17.7 Å². The lowest BCUT2D eigenvalue weighted by Gasteiger charge is -2.27. The third-order valence-electron chi connectivity index (χ3n) is 2.83. The Morgan fingerprint density at radius 2 is 2.11 bits per heavy atom. The number of hydrogen-bond donors (Lipinski definition) is 2. The van der Waals surface area contributed by atoms with Crippen molar-refractivity contribution in [2.24, 2.45) is 7.05 Å². The molecule has 1 rings (SSSR count). The van der Waals surface area contributed by atoms with Crippen molar-refractivity contribution in [3.63, 3.8) is 0 Å². The van der Waals surface area contributed by atoms with Gasteiger partial charge in [0, 0.05) is 14.0 Å². The van der Waals surface area contributed by atoms with E-state index in [9.17, 15) is 9.59 Å². The maximum absolute atomic E-state index is 12.2. The molecule has 1 aromatic rings. The van der Waals surface area contributed by atoms with E-state index in [1.165, 1.54) is 13.3 Å². The summed E-state index contributed by atoms with van der Waals surface area (Å²) in [5, 5.41) is 9.48. The van der Waals surface area contributed by atoms with E-state index in [-0.39, 0.29) is 17.9 Å². The first-order chi connectivity index (χ1) is 8.77. The number of aromatic nitrogens is 3. The lowest BCUT2D eigenvalue weighted by Crippen LogP contribution is -2.54. The number of carbonyl (C=O) groups excluding carboxylic acids is 2. The Bertz CT molecular complexity index is 466. The standard InChI is InChI=1S/C12H21N5O2/c1-6-9(10-13-7-14-17(10)5)15-11(19)12(3,4)16-8(2)18/h7,9H,6H2,1-5H3,(H,15,19)(H,16,18)/t9-/m0/s1. The zero-order valence-electron chi connectivity index (χ0n) is 12.0. The SMILES string of the molecule is CC[C@H](NC(=O)C(C)(C)NC(C)=O)c1ncnn1C. The Morgan fingerprint density at radius 3 is 2.53 bits per heavy atom. The van der Waals surface area contributed by atoms with Gasteiger partial charge in [0.05, 0.1) is 6.04 Å². The summed E-state index contributed by atoms with van der Waals surface area (Å²) in [5.41, 5.74) is -0.960. The van der Waals surface area contributed by atoms with Gasteiger partial charge < -0.3 is 10.6 Å². The van der Waals surface area contributed by atoms with Crippen molar-refractivity contribution in [1.82, 2.24) is 25.4 Å². The molecule has 2 amide bonds. The first kappa shape index (κ1) is 15.1. The minimum absolute atomic E-state index is 0.229. The van der Waals surface area contributed by atoms with Crippen LogP contribution in [0.5, 0.6) is 0 Å². The molecule has 0 aliphatic carbocycles. The van der Waals surface area contributed by atoms with E-state index in [2.05, 4.69) is 20.7 Å². The summed E-state index contributed by atoms with van der Waals surface area (Å²) >= 11 is 0. The Balaban J connectivity index is 2.79. The van der Waals surface area contributed by atoms with Gasteiger partial charge in [-0.15, -0.1) is 0 Å². The van der Waals surface area contributed by atoms with Gasteiger partial charge in [-0.2, -0.15) is 5.10 Å². The van der Waals surface area contributed by atoms with E-state index in [1.807, 2.05) is 6.92 Å². The largest absolute Gasteiger partial charge is 0.344 e. The van der Waals surface area contributed by atoms with Crippen molar-refractivity contribution in [2.45, 2.75) is 45.7 Å². The van der Waals surface area contributed by atoms with E-state index < -0.39 is 5.54 Å². The summed E-state index contributed by atoms with van der Waals surface area (Å²) in [4.78, 5) is 27.4. The van der Waals surface area contributed by atoms with E-state index in [1.54, 1.807) is 25.6 Å². The van der Waals surface area contributed by atoms with Gasteiger partial charge in [-0.05, 0) is 20.3 Å². The van der Waals surface area contributed by atoms with Gasteiger partial charge in [0.25, 0.3) is 0 Å². The van der Waals surface area contributed by atoms with Crippen LogP contribution >= 0.6 is 0 Å². The predicted octanol–water partition coefficient (Wildman–Crippen LogP) is 0.297. The van der Waals surface area contributed by atoms with Crippen LogP contribution in [0.2, 0.25) is 0 Å². The van der Waals surface area contributed by atoms with E-state index in [4.69, 9.17) is 0 Å². The van der Waals surface area contributed by atoms with Crippen LogP contribution in [-0.4, -0.2) is 32.1 Å². The molecule has 1 atom stereocenters. The highest BCUT2D eigenvalue weighted by molar-refractivity contribution is 5.90. The molecule has 0 aliphatic rings. The molecule has 0 aliphatic heterocycles. The second-order valence-electron chi connectivity index (χ2n) is 4.98. The number of carbonyl (C=O) groups is 2. The fourth-order valence-electron chi connectivity index (χ4n) is 1.81. The van der Waals surface area contributed by atoms with Crippen LogP contribution in [0.15, 0.2) is 6.33 Å². The highest BCUT2D eigenvalue weighted by Crippen LogP contribution is 2.14. The summed E-state index contributed by atoms with van der Waals surface area (Å²) in [6.07, 6.45) is 2.14. The second-order valence-corrected chi connectivity index (χ2v) is 4.98. The second kappa shape index (κ2) is 5.81. The summed E-state index contributed by atoms with van der Waals surface area (Å²) in [7, 11) is 1.77. The Kier molecular flexibility index (Phi) is 4.63. The van der Waals surface area contributed by atoms with Crippen molar-refractivity contribution in [3.05, 3.63) is 12.2 Å². The molecule has 106 valence electrons. The molecule has 0 spiro atoms. The van der Waals surface area contributed by atoms with Gasteiger partial charge in [0.15, 0.2) is 0 Å². The molecule has 0 unspecified atom stereocenters. The summed E-state index contributed by atoms with van der Waals surface area (Å²) in [5.74, 6) is 0.193. The van der Waals surface area contributed by atoms with Crippen molar-refractivity contribution >= 4 is 11.8 Å².